The summed E-state index contributed by atoms with van der Waals surface area (Å²) in [5, 5.41) is 7.19. The fraction of sp³-hybridized carbons (Fsp3) is 0. The van der Waals surface area contributed by atoms with Crippen molar-refractivity contribution in [3.8, 4) is 22.3 Å². The Bertz CT molecular complexity index is 2730. The van der Waals surface area contributed by atoms with Crippen LogP contribution >= 0.6 is 11.3 Å². The van der Waals surface area contributed by atoms with Crippen LogP contribution in [0.5, 0.6) is 0 Å². The average molecular weight is 644 g/mol. The van der Waals surface area contributed by atoms with Gasteiger partial charge in [-0.3, -0.25) is 0 Å². The van der Waals surface area contributed by atoms with Gasteiger partial charge >= 0.3 is 0 Å². The summed E-state index contributed by atoms with van der Waals surface area (Å²) in [6.45, 7) is 0. The minimum Gasteiger partial charge on any atom is -0.456 e. The average Bonchev–Trinajstić information content (AvgIpc) is 3.74. The summed E-state index contributed by atoms with van der Waals surface area (Å²) in [6.07, 6.45) is 0. The second-order valence-corrected chi connectivity index (χ2v) is 13.5. The standard InChI is InChI=1S/C46H29NOS/c1-2-13-31(14-3-1)35-28-27-32(34-20-10-16-30-15-4-5-17-33(30)34)29-40(35)47(38-21-11-24-42-45(38)36-18-6-8-23-41(36)48-42)39-22-12-26-44-46(39)37-19-7-9-25-43(37)49-44/h1-29H. The molecule has 2 heterocycles. The van der Waals surface area contributed by atoms with Crippen LogP contribution < -0.4 is 4.90 Å². The summed E-state index contributed by atoms with van der Waals surface area (Å²) in [7, 11) is 0. The smallest absolute Gasteiger partial charge is 0.137 e. The first-order chi connectivity index (χ1) is 24.3. The molecule has 0 aliphatic carbocycles. The van der Waals surface area contributed by atoms with Crippen molar-refractivity contribution >= 4 is 81.3 Å². The van der Waals surface area contributed by atoms with Gasteiger partial charge in [-0.25, -0.2) is 0 Å². The lowest BCUT2D eigenvalue weighted by Gasteiger charge is -2.30. The van der Waals surface area contributed by atoms with E-state index >= 15 is 0 Å². The van der Waals surface area contributed by atoms with Crippen molar-refractivity contribution < 1.29 is 4.42 Å². The van der Waals surface area contributed by atoms with Crippen LogP contribution in [0.2, 0.25) is 0 Å². The Labute approximate surface area is 287 Å². The third-order valence-electron chi connectivity index (χ3n) is 9.67. The van der Waals surface area contributed by atoms with E-state index in [0.717, 1.165) is 44.6 Å². The maximum Gasteiger partial charge on any atom is 0.137 e. The summed E-state index contributed by atoms with van der Waals surface area (Å²) in [6, 6.07) is 63.3. The number of hydrogen-bond acceptors (Lipinski definition) is 3. The fourth-order valence-electron chi connectivity index (χ4n) is 7.50. The highest BCUT2D eigenvalue weighted by atomic mass is 32.1. The Kier molecular flexibility index (Phi) is 6.39. The molecule has 0 amide bonds. The molecule has 0 saturated carbocycles. The zero-order valence-corrected chi connectivity index (χ0v) is 27.3. The third-order valence-corrected chi connectivity index (χ3v) is 10.8. The topological polar surface area (TPSA) is 16.4 Å². The highest BCUT2D eigenvalue weighted by Crippen LogP contribution is 2.50. The van der Waals surface area contributed by atoms with Crippen LogP contribution in [0.1, 0.15) is 0 Å². The Morgan fingerprint density at radius 1 is 0.388 bits per heavy atom. The first-order valence-electron chi connectivity index (χ1n) is 16.6. The Morgan fingerprint density at radius 3 is 1.94 bits per heavy atom. The minimum atomic E-state index is 0.873. The van der Waals surface area contributed by atoms with E-state index in [4.69, 9.17) is 4.42 Å². The molecule has 10 rings (SSSR count). The largest absolute Gasteiger partial charge is 0.456 e. The van der Waals surface area contributed by atoms with E-state index in [1.807, 2.05) is 17.4 Å². The SMILES string of the molecule is c1ccc(-c2ccc(-c3cccc4ccccc34)cc2N(c2cccc3oc4ccccc4c23)c2cccc3sc4ccccc4c23)cc1. The summed E-state index contributed by atoms with van der Waals surface area (Å²) >= 11 is 1.85. The first kappa shape index (κ1) is 27.9. The van der Waals surface area contributed by atoms with Crippen molar-refractivity contribution in [3.05, 3.63) is 176 Å². The van der Waals surface area contributed by atoms with Crippen molar-refractivity contribution in [2.24, 2.45) is 0 Å². The number of fused-ring (bicyclic) bond motifs is 7. The molecule has 0 unspecified atom stereocenters. The number of hydrogen-bond donors (Lipinski definition) is 0. The highest BCUT2D eigenvalue weighted by Gasteiger charge is 2.25. The second kappa shape index (κ2) is 11.2. The second-order valence-electron chi connectivity index (χ2n) is 12.5. The maximum absolute atomic E-state index is 6.49. The van der Waals surface area contributed by atoms with Gasteiger partial charge in [0.15, 0.2) is 0 Å². The van der Waals surface area contributed by atoms with Crippen LogP contribution in [0.4, 0.5) is 17.1 Å². The maximum atomic E-state index is 6.49. The van der Waals surface area contributed by atoms with Gasteiger partial charge in [-0.1, -0.05) is 133 Å². The van der Waals surface area contributed by atoms with E-state index in [0.29, 0.717) is 0 Å². The van der Waals surface area contributed by atoms with E-state index < -0.39 is 0 Å². The molecule has 8 aromatic carbocycles. The number of furan rings is 1. The van der Waals surface area contributed by atoms with Crippen molar-refractivity contribution in [3.63, 3.8) is 0 Å². The summed E-state index contributed by atoms with van der Waals surface area (Å²) in [5.74, 6) is 0. The molecule has 2 aromatic heterocycles. The van der Waals surface area contributed by atoms with E-state index in [2.05, 4.69) is 175 Å². The number of para-hydroxylation sites is 1. The fourth-order valence-corrected chi connectivity index (χ4v) is 8.62. The van der Waals surface area contributed by atoms with Gasteiger partial charge in [-0.15, -0.1) is 11.3 Å². The number of anilines is 3. The molecule has 10 aromatic rings. The molecule has 0 spiro atoms. The van der Waals surface area contributed by atoms with Gasteiger partial charge in [0, 0.05) is 31.1 Å². The third kappa shape index (κ3) is 4.47. The van der Waals surface area contributed by atoms with Gasteiger partial charge in [0.05, 0.1) is 22.4 Å². The van der Waals surface area contributed by atoms with Crippen molar-refractivity contribution in [2.45, 2.75) is 0 Å². The molecule has 49 heavy (non-hydrogen) atoms. The predicted octanol–water partition coefficient (Wildman–Crippen LogP) is 13.9. The molecule has 0 aliphatic rings. The molecule has 0 fully saturated rings. The quantitative estimate of drug-likeness (QED) is 0.186. The Morgan fingerprint density at radius 2 is 1.04 bits per heavy atom. The Balaban J connectivity index is 1.36. The monoisotopic (exact) mass is 643 g/mol. The lowest BCUT2D eigenvalue weighted by atomic mass is 9.93. The molecule has 0 saturated heterocycles. The van der Waals surface area contributed by atoms with Crippen LogP contribution in [-0.2, 0) is 0 Å². The zero-order valence-electron chi connectivity index (χ0n) is 26.5. The van der Waals surface area contributed by atoms with Gasteiger partial charge in [-0.05, 0) is 69.9 Å². The van der Waals surface area contributed by atoms with Crippen LogP contribution in [-0.4, -0.2) is 0 Å². The lowest BCUT2D eigenvalue weighted by Crippen LogP contribution is -2.12. The zero-order chi connectivity index (χ0) is 32.3. The predicted molar refractivity (Wildman–Crippen MR) is 210 cm³/mol. The van der Waals surface area contributed by atoms with E-state index in [-0.39, 0.29) is 0 Å². The van der Waals surface area contributed by atoms with Crippen molar-refractivity contribution in [1.29, 1.82) is 0 Å². The number of nitrogens with zero attached hydrogens (tertiary/aromatic N) is 1. The first-order valence-corrected chi connectivity index (χ1v) is 17.4. The number of thiophene rings is 1. The Hall–Kier alpha value is -6.16. The van der Waals surface area contributed by atoms with E-state index in [1.165, 1.54) is 47.6 Å². The molecule has 0 bridgehead atoms. The van der Waals surface area contributed by atoms with Crippen molar-refractivity contribution in [2.75, 3.05) is 4.90 Å². The molecule has 2 nitrogen and oxygen atoms in total. The summed E-state index contributed by atoms with van der Waals surface area (Å²) in [4.78, 5) is 2.49. The molecule has 0 aliphatic heterocycles. The van der Waals surface area contributed by atoms with E-state index in [9.17, 15) is 0 Å². The van der Waals surface area contributed by atoms with Crippen LogP contribution in [0.3, 0.4) is 0 Å². The van der Waals surface area contributed by atoms with Gasteiger partial charge in [0.25, 0.3) is 0 Å². The summed E-state index contributed by atoms with van der Waals surface area (Å²) in [5.41, 5.74) is 9.79. The van der Waals surface area contributed by atoms with Crippen LogP contribution in [0.15, 0.2) is 180 Å². The van der Waals surface area contributed by atoms with Crippen LogP contribution in [0.25, 0.3) is 75.1 Å². The van der Waals surface area contributed by atoms with Gasteiger partial charge < -0.3 is 9.32 Å². The normalized spacial score (nSPS) is 11.7. The van der Waals surface area contributed by atoms with Gasteiger partial charge in [0.1, 0.15) is 11.2 Å². The summed E-state index contributed by atoms with van der Waals surface area (Å²) < 4.78 is 9.03. The lowest BCUT2D eigenvalue weighted by molar-refractivity contribution is 0.669. The molecular formula is C46H29NOS. The van der Waals surface area contributed by atoms with Gasteiger partial charge in [-0.2, -0.15) is 0 Å². The molecule has 0 atom stereocenters. The molecule has 0 radical (unpaired) electrons. The highest BCUT2D eigenvalue weighted by molar-refractivity contribution is 7.26. The van der Waals surface area contributed by atoms with E-state index in [1.54, 1.807) is 0 Å². The van der Waals surface area contributed by atoms with Gasteiger partial charge in [0.2, 0.25) is 0 Å². The molecule has 3 heteroatoms. The molecular weight excluding hydrogens is 615 g/mol. The minimum absolute atomic E-state index is 0.873. The molecule has 230 valence electrons. The number of benzene rings is 8. The molecule has 0 N–H and O–H groups in total. The van der Waals surface area contributed by atoms with Crippen molar-refractivity contribution in [1.82, 2.24) is 0 Å². The number of rotatable bonds is 5. The van der Waals surface area contributed by atoms with Crippen LogP contribution in [0, 0.1) is 0 Å².